The van der Waals surface area contributed by atoms with Gasteiger partial charge in [-0.3, -0.25) is 9.48 Å². The third kappa shape index (κ3) is 6.11. The molecular formula is C29H37F3N6O6. The smallest absolute Gasteiger partial charge is 0.255 e. The Bertz CT molecular complexity index is 1430. The minimum Gasteiger partial charge on any atom is -0.394 e. The summed E-state index contributed by atoms with van der Waals surface area (Å²) >= 11 is 0. The topological polar surface area (TPSA) is 148 Å². The van der Waals surface area contributed by atoms with Gasteiger partial charge < -0.3 is 29.7 Å². The van der Waals surface area contributed by atoms with Crippen molar-refractivity contribution in [2.45, 2.75) is 94.7 Å². The lowest BCUT2D eigenvalue weighted by molar-refractivity contribution is -0.219. The molecule has 1 aliphatic heterocycles. The van der Waals surface area contributed by atoms with Crippen molar-refractivity contribution < 1.29 is 42.8 Å². The first kappa shape index (κ1) is 32.0. The van der Waals surface area contributed by atoms with Crippen LogP contribution in [0.2, 0.25) is 0 Å². The summed E-state index contributed by atoms with van der Waals surface area (Å²) in [6.45, 7) is 3.38. The Balaban J connectivity index is 1.51. The molecule has 15 heteroatoms. The summed E-state index contributed by atoms with van der Waals surface area (Å²) in [4.78, 5) is 16.0. The number of hydrogen-bond donors (Lipinski definition) is 3. The third-order valence-corrected chi connectivity index (χ3v) is 8.43. The van der Waals surface area contributed by atoms with Crippen molar-refractivity contribution >= 4 is 5.91 Å². The van der Waals surface area contributed by atoms with Crippen molar-refractivity contribution in [3.05, 3.63) is 53.7 Å². The predicted molar refractivity (Wildman–Crippen MR) is 148 cm³/mol. The van der Waals surface area contributed by atoms with Gasteiger partial charge in [-0.05, 0) is 44.9 Å². The van der Waals surface area contributed by atoms with E-state index in [1.807, 2.05) is 13.8 Å². The number of hydrogen-bond acceptors (Lipinski definition) is 9. The summed E-state index contributed by atoms with van der Waals surface area (Å²) in [5.41, 5.74) is 0.605. The van der Waals surface area contributed by atoms with E-state index in [0.29, 0.717) is 12.8 Å². The molecule has 0 spiro atoms. The molecule has 5 rings (SSSR count). The molecule has 2 aromatic heterocycles. The Hall–Kier alpha value is -3.37. The number of halogens is 3. The maximum absolute atomic E-state index is 14.5. The average Bonchev–Trinajstić information content (AvgIpc) is 3.68. The van der Waals surface area contributed by atoms with E-state index >= 15 is 0 Å². The predicted octanol–water partition coefficient (Wildman–Crippen LogP) is 2.15. The molecule has 0 radical (unpaired) electrons. The Kier molecular flexibility index (Phi) is 9.70. The van der Waals surface area contributed by atoms with Crippen LogP contribution in [0.3, 0.4) is 0 Å². The van der Waals surface area contributed by atoms with Gasteiger partial charge in [-0.2, -0.15) is 5.10 Å². The summed E-state index contributed by atoms with van der Waals surface area (Å²) < 4.78 is 56.1. The largest absolute Gasteiger partial charge is 0.394 e. The number of carbonyl (C=O) groups excluding carboxylic acids is 1. The molecule has 2 fully saturated rings. The highest BCUT2D eigenvalue weighted by molar-refractivity contribution is 5.82. The molecule has 1 aliphatic carbocycles. The molecule has 0 bridgehead atoms. The fourth-order valence-corrected chi connectivity index (χ4v) is 6.20. The van der Waals surface area contributed by atoms with Gasteiger partial charge in [0.05, 0.1) is 37.2 Å². The quantitative estimate of drug-likeness (QED) is 0.306. The second-order valence-electron chi connectivity index (χ2n) is 11.5. The summed E-state index contributed by atoms with van der Waals surface area (Å²) in [7, 11) is 1.32. The van der Waals surface area contributed by atoms with E-state index < -0.39 is 72.6 Å². The number of amides is 1. The minimum atomic E-state index is -1.63. The van der Waals surface area contributed by atoms with Crippen LogP contribution in [0.15, 0.2) is 30.6 Å². The first-order valence-electron chi connectivity index (χ1n) is 14.6. The van der Waals surface area contributed by atoms with Crippen LogP contribution in [0.1, 0.15) is 57.3 Å². The lowest BCUT2D eigenvalue weighted by Crippen LogP contribution is -2.62. The van der Waals surface area contributed by atoms with Crippen molar-refractivity contribution in [3.63, 3.8) is 0 Å². The molecule has 1 amide bonds. The van der Waals surface area contributed by atoms with E-state index in [4.69, 9.17) is 9.47 Å². The van der Waals surface area contributed by atoms with Gasteiger partial charge in [0.15, 0.2) is 23.6 Å². The number of carbonyl (C=O) groups is 1. The van der Waals surface area contributed by atoms with E-state index in [2.05, 4.69) is 15.4 Å². The molecule has 3 heterocycles. The molecule has 44 heavy (non-hydrogen) atoms. The van der Waals surface area contributed by atoms with Crippen LogP contribution in [0.25, 0.3) is 11.3 Å². The van der Waals surface area contributed by atoms with Crippen LogP contribution in [-0.4, -0.2) is 101 Å². The number of methoxy groups -OCH3 is 1. The number of ether oxygens (including phenoxy) is 2. The minimum absolute atomic E-state index is 0.00810. The zero-order valence-corrected chi connectivity index (χ0v) is 24.6. The van der Waals surface area contributed by atoms with Crippen LogP contribution in [0.5, 0.6) is 0 Å². The monoisotopic (exact) mass is 622 g/mol. The van der Waals surface area contributed by atoms with E-state index in [0.717, 1.165) is 30.7 Å². The number of aromatic nitrogens is 5. The normalized spacial score (nSPS) is 27.5. The van der Waals surface area contributed by atoms with Gasteiger partial charge >= 0.3 is 0 Å². The summed E-state index contributed by atoms with van der Waals surface area (Å²) in [5.74, 6) is -4.98. The van der Waals surface area contributed by atoms with Crippen LogP contribution in [0, 0.1) is 17.5 Å². The molecule has 1 saturated carbocycles. The number of benzene rings is 1. The lowest BCUT2D eigenvalue weighted by atomic mass is 9.88. The summed E-state index contributed by atoms with van der Waals surface area (Å²) in [5, 5.41) is 44.7. The Labute approximate surface area is 252 Å². The van der Waals surface area contributed by atoms with Crippen molar-refractivity contribution in [1.29, 1.82) is 0 Å². The fourth-order valence-electron chi connectivity index (χ4n) is 6.20. The lowest BCUT2D eigenvalue weighted by Gasteiger charge is -2.46. The Morgan fingerprint density at radius 3 is 2.52 bits per heavy atom. The number of aliphatic hydroxyl groups excluding tert-OH is 3. The van der Waals surface area contributed by atoms with Gasteiger partial charge in [-0.15, -0.1) is 5.10 Å². The maximum atomic E-state index is 14.5. The first-order valence-corrected chi connectivity index (χ1v) is 14.6. The molecule has 0 unspecified atom stereocenters. The summed E-state index contributed by atoms with van der Waals surface area (Å²) in [6, 6.07) is 1.65. The fraction of sp³-hybridized carbons (Fsp3) is 0.586. The molecule has 12 nitrogen and oxygen atoms in total. The zero-order valence-electron chi connectivity index (χ0n) is 24.6. The van der Waals surface area contributed by atoms with Gasteiger partial charge in [0.25, 0.3) is 5.91 Å². The number of rotatable bonds is 9. The van der Waals surface area contributed by atoms with Gasteiger partial charge in [0, 0.05) is 24.9 Å². The van der Waals surface area contributed by atoms with E-state index in [-0.39, 0.29) is 23.8 Å². The van der Waals surface area contributed by atoms with Crippen molar-refractivity contribution in [2.24, 2.45) is 0 Å². The van der Waals surface area contributed by atoms with Crippen LogP contribution < -0.4 is 0 Å². The molecule has 7 atom stereocenters. The number of nitrogens with zero attached hydrogens (tertiary/aromatic N) is 6. The molecule has 1 aromatic carbocycles. The van der Waals surface area contributed by atoms with E-state index in [1.165, 1.54) is 18.0 Å². The molecule has 240 valence electrons. The highest BCUT2D eigenvalue weighted by Crippen LogP contribution is 2.35. The van der Waals surface area contributed by atoms with Crippen molar-refractivity contribution in [1.82, 2.24) is 29.7 Å². The maximum Gasteiger partial charge on any atom is 0.255 e. The molecular weight excluding hydrogens is 585 g/mol. The molecule has 2 aliphatic rings. The van der Waals surface area contributed by atoms with Gasteiger partial charge in [0.1, 0.15) is 30.0 Å². The first-order chi connectivity index (χ1) is 21.0. The Morgan fingerprint density at radius 1 is 1.18 bits per heavy atom. The second kappa shape index (κ2) is 13.3. The van der Waals surface area contributed by atoms with Crippen molar-refractivity contribution in [3.8, 4) is 11.3 Å². The van der Waals surface area contributed by atoms with Gasteiger partial charge in [-0.1, -0.05) is 18.1 Å². The highest BCUT2D eigenvalue weighted by atomic mass is 19.2. The Morgan fingerprint density at radius 2 is 1.89 bits per heavy atom. The third-order valence-electron chi connectivity index (χ3n) is 8.43. The second-order valence-corrected chi connectivity index (χ2v) is 11.5. The standard InChI is InChI=1S/C29H37F3N6O6/c1-15(2)38-17(8-9-33-38)12-36(21-6-4-5-7-22(21)40)29(42)28-27(43-3)25(26(41)23(14-39)44-28)37-13-20(34-35-37)16-10-18(30)24(32)19(31)11-16/h8-11,13,15,21-23,25-28,39-41H,4-7,12,14H2,1-3H3/t21-,22-,23+,25-,26-,27+,28+/m0/s1. The SMILES string of the molecule is CO[C@@H]1[C@@H](n2cc(-c3cc(F)c(F)c(F)c3)nn2)[C@@H](O)[C@@H](CO)O[C@H]1C(=O)N(Cc1ccnn1C(C)C)[C@H]1CCCC[C@@H]1O. The molecule has 3 aromatic rings. The van der Waals surface area contributed by atoms with E-state index in [1.54, 1.807) is 21.8 Å². The highest BCUT2D eigenvalue weighted by Gasteiger charge is 2.51. The van der Waals surface area contributed by atoms with Crippen molar-refractivity contribution in [2.75, 3.05) is 13.7 Å². The van der Waals surface area contributed by atoms with Crippen LogP contribution in [0.4, 0.5) is 13.2 Å². The average molecular weight is 623 g/mol. The number of aliphatic hydroxyl groups is 3. The summed E-state index contributed by atoms with van der Waals surface area (Å²) in [6.07, 6.45) is -0.381. The van der Waals surface area contributed by atoms with Gasteiger partial charge in [0.2, 0.25) is 0 Å². The van der Waals surface area contributed by atoms with Crippen LogP contribution >= 0.6 is 0 Å². The van der Waals surface area contributed by atoms with E-state index in [9.17, 15) is 33.3 Å². The molecule has 1 saturated heterocycles. The zero-order chi connectivity index (χ0) is 31.7. The van der Waals surface area contributed by atoms with Gasteiger partial charge in [-0.25, -0.2) is 17.9 Å². The molecule has 3 N–H and O–H groups in total. The van der Waals surface area contributed by atoms with Crippen LogP contribution in [-0.2, 0) is 20.8 Å².